The fourth-order valence-corrected chi connectivity index (χ4v) is 1.54. The highest BCUT2D eigenvalue weighted by molar-refractivity contribution is 9.08. The number of aliphatic carboxylic acids is 1. The van der Waals surface area contributed by atoms with Gasteiger partial charge in [0.2, 0.25) is 0 Å². The van der Waals surface area contributed by atoms with Crippen LogP contribution in [0.25, 0.3) is 5.57 Å². The maximum atomic E-state index is 10.7. The van der Waals surface area contributed by atoms with Crippen LogP contribution in [0.2, 0.25) is 0 Å². The highest BCUT2D eigenvalue weighted by atomic mass is 79.9. The average Bonchev–Trinajstić information content (AvgIpc) is 2.16. The minimum atomic E-state index is -0.978. The first kappa shape index (κ1) is 9.99. The molecule has 0 heterocycles. The van der Waals surface area contributed by atoms with Gasteiger partial charge in [0.1, 0.15) is 0 Å². The molecule has 0 aliphatic rings. The summed E-state index contributed by atoms with van der Waals surface area (Å²) in [6.45, 7) is 3.51. The number of halogens is 1. The lowest BCUT2D eigenvalue weighted by Crippen LogP contribution is -2.00. The largest absolute Gasteiger partial charge is 0.478 e. The molecule has 0 amide bonds. The van der Waals surface area contributed by atoms with Gasteiger partial charge in [-0.25, -0.2) is 4.79 Å². The van der Waals surface area contributed by atoms with Crippen LogP contribution in [0.5, 0.6) is 0 Å². The van der Waals surface area contributed by atoms with Crippen LogP contribution in [0.3, 0.4) is 0 Å². The van der Waals surface area contributed by atoms with Crippen molar-refractivity contribution in [3.63, 3.8) is 0 Å². The summed E-state index contributed by atoms with van der Waals surface area (Å²) in [4.78, 5) is 10.7. The Balaban J connectivity index is 3.13. The number of carbonyl (C=O) groups is 1. The number of carboxylic acids is 1. The maximum absolute atomic E-state index is 10.7. The quantitative estimate of drug-likeness (QED) is 0.652. The Morgan fingerprint density at radius 3 is 2.62 bits per heavy atom. The smallest absolute Gasteiger partial charge is 0.335 e. The predicted octanol–water partition coefficient (Wildman–Crippen LogP) is 2.68. The highest BCUT2D eigenvalue weighted by Crippen LogP contribution is 2.19. The van der Waals surface area contributed by atoms with Crippen LogP contribution in [0.15, 0.2) is 30.8 Å². The molecule has 0 bridgehead atoms. The third-order valence-electron chi connectivity index (χ3n) is 1.74. The van der Waals surface area contributed by atoms with Gasteiger partial charge in [0.25, 0.3) is 0 Å². The molecule has 1 aromatic carbocycles. The van der Waals surface area contributed by atoms with Crippen LogP contribution in [0.4, 0.5) is 0 Å². The molecule has 1 rings (SSSR count). The Bertz CT molecular complexity index is 345. The van der Waals surface area contributed by atoms with Crippen molar-refractivity contribution in [2.75, 3.05) is 0 Å². The highest BCUT2D eigenvalue weighted by Gasteiger charge is 2.09. The van der Waals surface area contributed by atoms with E-state index in [-0.39, 0.29) is 5.57 Å². The molecule has 68 valence electrons. The lowest BCUT2D eigenvalue weighted by molar-refractivity contribution is -0.130. The zero-order valence-electron chi connectivity index (χ0n) is 6.96. The van der Waals surface area contributed by atoms with E-state index in [1.165, 1.54) is 0 Å². The topological polar surface area (TPSA) is 37.3 Å². The van der Waals surface area contributed by atoms with Gasteiger partial charge in [0.05, 0.1) is 5.57 Å². The molecule has 0 unspecified atom stereocenters. The van der Waals surface area contributed by atoms with Crippen LogP contribution < -0.4 is 0 Å². The fraction of sp³-hybridized carbons (Fsp3) is 0.100. The molecule has 0 saturated heterocycles. The number of alkyl halides is 1. The standard InChI is InChI=1S/C10H9BrO2/c1-7(10(12)13)9-5-3-2-4-8(9)6-11/h2-5H,1,6H2,(H,12,13). The third kappa shape index (κ3) is 2.18. The van der Waals surface area contributed by atoms with Crippen LogP contribution in [-0.2, 0) is 10.1 Å². The Morgan fingerprint density at radius 1 is 1.46 bits per heavy atom. The van der Waals surface area contributed by atoms with Gasteiger partial charge < -0.3 is 5.11 Å². The van der Waals surface area contributed by atoms with Crippen LogP contribution in [-0.4, -0.2) is 11.1 Å². The summed E-state index contributed by atoms with van der Waals surface area (Å²) in [5.74, 6) is -0.978. The van der Waals surface area contributed by atoms with Crippen molar-refractivity contribution in [3.8, 4) is 0 Å². The zero-order chi connectivity index (χ0) is 9.84. The molecule has 0 aliphatic carbocycles. The number of hydrogen-bond donors (Lipinski definition) is 1. The molecule has 0 aliphatic heterocycles. The molecular weight excluding hydrogens is 232 g/mol. The number of carboxylic acid groups (broad SMARTS) is 1. The Morgan fingerprint density at radius 2 is 2.08 bits per heavy atom. The number of benzene rings is 1. The second-order valence-electron chi connectivity index (χ2n) is 2.57. The first-order chi connectivity index (χ1) is 6.16. The van der Waals surface area contributed by atoms with Crippen LogP contribution in [0, 0.1) is 0 Å². The van der Waals surface area contributed by atoms with E-state index in [9.17, 15) is 4.79 Å². The van der Waals surface area contributed by atoms with Crippen molar-refractivity contribution >= 4 is 27.5 Å². The van der Waals surface area contributed by atoms with Gasteiger partial charge in [-0.05, 0) is 11.1 Å². The van der Waals surface area contributed by atoms with E-state index < -0.39 is 5.97 Å². The number of rotatable bonds is 3. The monoisotopic (exact) mass is 240 g/mol. The van der Waals surface area contributed by atoms with E-state index in [4.69, 9.17) is 5.11 Å². The van der Waals surface area contributed by atoms with Crippen molar-refractivity contribution in [1.82, 2.24) is 0 Å². The summed E-state index contributed by atoms with van der Waals surface area (Å²) in [5, 5.41) is 9.37. The molecule has 13 heavy (non-hydrogen) atoms. The van der Waals surface area contributed by atoms with Crippen molar-refractivity contribution in [3.05, 3.63) is 42.0 Å². The molecule has 1 N–H and O–H groups in total. The van der Waals surface area contributed by atoms with Gasteiger partial charge in [0, 0.05) is 5.33 Å². The molecule has 2 nitrogen and oxygen atoms in total. The molecule has 0 spiro atoms. The molecule has 0 radical (unpaired) electrons. The van der Waals surface area contributed by atoms with Crippen molar-refractivity contribution in [2.24, 2.45) is 0 Å². The Kier molecular flexibility index (Phi) is 3.25. The summed E-state index contributed by atoms with van der Waals surface area (Å²) in [5.41, 5.74) is 1.76. The van der Waals surface area contributed by atoms with Gasteiger partial charge in [0.15, 0.2) is 0 Å². The molecular formula is C10H9BrO2. The van der Waals surface area contributed by atoms with E-state index in [2.05, 4.69) is 22.5 Å². The first-order valence-corrected chi connectivity index (χ1v) is 4.85. The van der Waals surface area contributed by atoms with Gasteiger partial charge in [-0.3, -0.25) is 0 Å². The third-order valence-corrected chi connectivity index (χ3v) is 2.35. The lowest BCUT2D eigenvalue weighted by atomic mass is 10.0. The average molecular weight is 241 g/mol. The van der Waals surface area contributed by atoms with Crippen molar-refractivity contribution < 1.29 is 9.90 Å². The minimum absolute atomic E-state index is 0.134. The lowest BCUT2D eigenvalue weighted by Gasteiger charge is -2.05. The van der Waals surface area contributed by atoms with E-state index >= 15 is 0 Å². The summed E-state index contributed by atoms with van der Waals surface area (Å²) in [6.07, 6.45) is 0. The summed E-state index contributed by atoms with van der Waals surface area (Å²) < 4.78 is 0. The van der Waals surface area contributed by atoms with Crippen molar-refractivity contribution in [1.29, 1.82) is 0 Å². The fourth-order valence-electron chi connectivity index (χ4n) is 1.05. The van der Waals surface area contributed by atoms with E-state index in [0.29, 0.717) is 10.9 Å². The van der Waals surface area contributed by atoms with Gasteiger partial charge in [-0.1, -0.05) is 46.8 Å². The van der Waals surface area contributed by atoms with Crippen LogP contribution in [0.1, 0.15) is 11.1 Å². The predicted molar refractivity (Wildman–Crippen MR) is 55.7 cm³/mol. The summed E-state index contributed by atoms with van der Waals surface area (Å²) in [7, 11) is 0. The summed E-state index contributed by atoms with van der Waals surface area (Å²) >= 11 is 3.29. The van der Waals surface area contributed by atoms with E-state index in [1.807, 2.05) is 12.1 Å². The molecule has 3 heteroatoms. The molecule has 0 saturated carbocycles. The van der Waals surface area contributed by atoms with Crippen molar-refractivity contribution in [2.45, 2.75) is 5.33 Å². The van der Waals surface area contributed by atoms with E-state index in [0.717, 1.165) is 5.56 Å². The molecule has 0 fully saturated rings. The second-order valence-corrected chi connectivity index (χ2v) is 3.14. The Hall–Kier alpha value is -1.09. The van der Waals surface area contributed by atoms with Gasteiger partial charge in [-0.2, -0.15) is 0 Å². The maximum Gasteiger partial charge on any atom is 0.335 e. The minimum Gasteiger partial charge on any atom is -0.478 e. The van der Waals surface area contributed by atoms with Gasteiger partial charge >= 0.3 is 5.97 Å². The van der Waals surface area contributed by atoms with E-state index in [1.54, 1.807) is 12.1 Å². The second kappa shape index (κ2) is 4.23. The van der Waals surface area contributed by atoms with Crippen LogP contribution >= 0.6 is 15.9 Å². The van der Waals surface area contributed by atoms with Gasteiger partial charge in [-0.15, -0.1) is 0 Å². The zero-order valence-corrected chi connectivity index (χ0v) is 8.54. The molecule has 1 aromatic rings. The first-order valence-electron chi connectivity index (χ1n) is 3.73. The Labute approximate surface area is 85.0 Å². The SMILES string of the molecule is C=C(C(=O)O)c1ccccc1CBr. The number of hydrogen-bond acceptors (Lipinski definition) is 1. The molecule has 0 atom stereocenters. The normalized spacial score (nSPS) is 9.62. The molecule has 0 aromatic heterocycles. The summed E-state index contributed by atoms with van der Waals surface area (Å²) in [6, 6.07) is 7.30.